The van der Waals surface area contributed by atoms with Crippen molar-refractivity contribution in [3.63, 3.8) is 0 Å². The van der Waals surface area contributed by atoms with E-state index >= 15 is 0 Å². The average Bonchev–Trinajstić information content (AvgIpc) is 2.40. The Morgan fingerprint density at radius 2 is 2.26 bits per heavy atom. The van der Waals surface area contributed by atoms with Gasteiger partial charge in [-0.3, -0.25) is 4.79 Å². The highest BCUT2D eigenvalue weighted by molar-refractivity contribution is 6.34. The summed E-state index contributed by atoms with van der Waals surface area (Å²) >= 11 is 11.7. The van der Waals surface area contributed by atoms with Gasteiger partial charge in [0, 0.05) is 13.1 Å². The van der Waals surface area contributed by atoms with Gasteiger partial charge in [0.2, 0.25) is 0 Å². The Balaban J connectivity index is 2.21. The van der Waals surface area contributed by atoms with E-state index in [-0.39, 0.29) is 40.6 Å². The minimum absolute atomic E-state index is 0.125. The third-order valence-electron chi connectivity index (χ3n) is 2.83. The predicted octanol–water partition coefficient (Wildman–Crippen LogP) is 1.61. The van der Waals surface area contributed by atoms with Crippen LogP contribution >= 0.6 is 23.2 Å². The number of hydrogen-bond acceptors (Lipinski definition) is 4. The van der Waals surface area contributed by atoms with Crippen LogP contribution in [-0.2, 0) is 4.74 Å². The number of carbonyl (C=O) groups excluding carboxylic acids is 1. The Kier molecular flexibility index (Phi) is 4.62. The van der Waals surface area contributed by atoms with E-state index in [1.54, 1.807) is 4.90 Å². The molecule has 0 spiro atoms. The first-order chi connectivity index (χ1) is 9.01. The molecule has 1 fully saturated rings. The molecule has 1 aromatic heterocycles. The first-order valence-corrected chi connectivity index (χ1v) is 6.64. The number of nitrogens with zero attached hydrogens (tertiary/aromatic N) is 2. The second-order valence-electron chi connectivity index (χ2n) is 4.43. The number of ether oxygens (including phenoxy) is 1. The van der Waals surface area contributed by atoms with E-state index in [0.29, 0.717) is 13.1 Å². The third kappa shape index (κ3) is 3.36. The van der Waals surface area contributed by atoms with Gasteiger partial charge >= 0.3 is 0 Å². The van der Waals surface area contributed by atoms with E-state index in [1.807, 2.05) is 6.92 Å². The molecule has 2 unspecified atom stereocenters. The number of aliphatic hydroxyl groups is 1. The molecule has 1 aliphatic rings. The molecule has 104 valence electrons. The average molecular weight is 305 g/mol. The summed E-state index contributed by atoms with van der Waals surface area (Å²) in [5.74, 6) is -0.305. The molecule has 1 aliphatic heterocycles. The van der Waals surface area contributed by atoms with Gasteiger partial charge in [0.25, 0.3) is 5.91 Å². The molecule has 7 heteroatoms. The highest BCUT2D eigenvalue weighted by Crippen LogP contribution is 2.20. The van der Waals surface area contributed by atoms with Gasteiger partial charge in [-0.05, 0) is 19.1 Å². The summed E-state index contributed by atoms with van der Waals surface area (Å²) in [4.78, 5) is 17.9. The smallest absolute Gasteiger partial charge is 0.274 e. The lowest BCUT2D eigenvalue weighted by molar-refractivity contribution is -0.0859. The molecule has 0 bridgehead atoms. The van der Waals surface area contributed by atoms with Crippen LogP contribution < -0.4 is 0 Å². The van der Waals surface area contributed by atoms with Crippen LogP contribution in [0, 0.1) is 0 Å². The quantitative estimate of drug-likeness (QED) is 0.843. The first-order valence-electron chi connectivity index (χ1n) is 5.89. The number of pyridine rings is 1. The molecule has 0 aromatic carbocycles. The van der Waals surface area contributed by atoms with Crippen molar-refractivity contribution in [2.75, 3.05) is 19.7 Å². The highest BCUT2D eigenvalue weighted by atomic mass is 35.5. The second kappa shape index (κ2) is 6.05. The van der Waals surface area contributed by atoms with E-state index in [2.05, 4.69) is 4.98 Å². The van der Waals surface area contributed by atoms with Gasteiger partial charge in [-0.2, -0.15) is 0 Å². The SMILES string of the molecule is CC1CN(C(=O)c2nc(Cl)ccc2Cl)CC(CO)O1. The number of aromatic nitrogens is 1. The zero-order valence-electron chi connectivity index (χ0n) is 10.3. The molecule has 0 radical (unpaired) electrons. The van der Waals surface area contributed by atoms with Crippen molar-refractivity contribution in [3.05, 3.63) is 28.0 Å². The van der Waals surface area contributed by atoms with E-state index in [9.17, 15) is 4.79 Å². The Bertz CT molecular complexity index is 484. The summed E-state index contributed by atoms with van der Waals surface area (Å²) in [6.45, 7) is 2.45. The lowest BCUT2D eigenvalue weighted by atomic mass is 10.2. The van der Waals surface area contributed by atoms with Gasteiger partial charge < -0.3 is 14.7 Å². The van der Waals surface area contributed by atoms with E-state index < -0.39 is 0 Å². The molecular weight excluding hydrogens is 291 g/mol. The molecule has 1 aromatic rings. The number of amides is 1. The number of carbonyl (C=O) groups is 1. The normalized spacial score (nSPS) is 23.5. The minimum Gasteiger partial charge on any atom is -0.394 e. The number of hydrogen-bond donors (Lipinski definition) is 1. The Morgan fingerprint density at radius 1 is 1.53 bits per heavy atom. The molecule has 0 saturated carbocycles. The van der Waals surface area contributed by atoms with Crippen molar-refractivity contribution in [2.45, 2.75) is 19.1 Å². The van der Waals surface area contributed by atoms with E-state index in [0.717, 1.165) is 0 Å². The Morgan fingerprint density at radius 3 is 2.95 bits per heavy atom. The van der Waals surface area contributed by atoms with Crippen molar-refractivity contribution in [1.29, 1.82) is 0 Å². The van der Waals surface area contributed by atoms with Crippen molar-refractivity contribution >= 4 is 29.1 Å². The summed E-state index contributed by atoms with van der Waals surface area (Å²) in [6.07, 6.45) is -0.529. The van der Waals surface area contributed by atoms with Crippen molar-refractivity contribution in [2.24, 2.45) is 0 Å². The molecule has 0 aliphatic carbocycles. The van der Waals surface area contributed by atoms with Gasteiger partial charge in [0.1, 0.15) is 10.8 Å². The van der Waals surface area contributed by atoms with Gasteiger partial charge in [-0.25, -0.2) is 4.98 Å². The molecule has 2 atom stereocenters. The number of halogens is 2. The Hall–Kier alpha value is -0.880. The van der Waals surface area contributed by atoms with Crippen LogP contribution in [0.4, 0.5) is 0 Å². The molecule has 1 saturated heterocycles. The lowest BCUT2D eigenvalue weighted by Crippen LogP contribution is -2.50. The molecule has 2 heterocycles. The van der Waals surface area contributed by atoms with Gasteiger partial charge in [0.05, 0.1) is 23.8 Å². The Labute approximate surface area is 121 Å². The van der Waals surface area contributed by atoms with Crippen molar-refractivity contribution < 1.29 is 14.6 Å². The molecule has 19 heavy (non-hydrogen) atoms. The summed E-state index contributed by atoms with van der Waals surface area (Å²) in [5, 5.41) is 9.63. The maximum atomic E-state index is 12.4. The fourth-order valence-electron chi connectivity index (χ4n) is 2.03. The van der Waals surface area contributed by atoms with E-state index in [1.165, 1.54) is 12.1 Å². The largest absolute Gasteiger partial charge is 0.394 e. The molecule has 1 amide bonds. The number of morpholine rings is 1. The highest BCUT2D eigenvalue weighted by Gasteiger charge is 2.30. The predicted molar refractivity (Wildman–Crippen MR) is 71.6 cm³/mol. The van der Waals surface area contributed by atoms with Gasteiger partial charge in [0.15, 0.2) is 0 Å². The molecule has 1 N–H and O–H groups in total. The fourth-order valence-corrected chi connectivity index (χ4v) is 2.36. The summed E-state index contributed by atoms with van der Waals surface area (Å²) in [7, 11) is 0. The van der Waals surface area contributed by atoms with Crippen LogP contribution in [0.15, 0.2) is 12.1 Å². The fraction of sp³-hybridized carbons (Fsp3) is 0.500. The number of rotatable bonds is 2. The van der Waals surface area contributed by atoms with Crippen LogP contribution in [-0.4, -0.2) is 52.8 Å². The topological polar surface area (TPSA) is 62.7 Å². The van der Waals surface area contributed by atoms with Crippen LogP contribution in [0.1, 0.15) is 17.4 Å². The third-order valence-corrected chi connectivity index (χ3v) is 3.35. The maximum absolute atomic E-state index is 12.4. The van der Waals surface area contributed by atoms with Crippen LogP contribution in [0.5, 0.6) is 0 Å². The maximum Gasteiger partial charge on any atom is 0.274 e. The van der Waals surface area contributed by atoms with Crippen LogP contribution in [0.25, 0.3) is 0 Å². The van der Waals surface area contributed by atoms with Crippen LogP contribution in [0.3, 0.4) is 0 Å². The first kappa shape index (κ1) is 14.5. The van der Waals surface area contributed by atoms with Gasteiger partial charge in [-0.15, -0.1) is 0 Å². The molecule has 5 nitrogen and oxygen atoms in total. The zero-order chi connectivity index (χ0) is 14.0. The summed E-state index contributed by atoms with van der Waals surface area (Å²) in [6, 6.07) is 3.07. The van der Waals surface area contributed by atoms with Crippen molar-refractivity contribution in [1.82, 2.24) is 9.88 Å². The number of aliphatic hydroxyl groups excluding tert-OH is 1. The van der Waals surface area contributed by atoms with Gasteiger partial charge in [-0.1, -0.05) is 23.2 Å². The minimum atomic E-state index is -0.384. The summed E-state index contributed by atoms with van der Waals surface area (Å²) < 4.78 is 5.48. The summed E-state index contributed by atoms with van der Waals surface area (Å²) in [5.41, 5.74) is 0.125. The lowest BCUT2D eigenvalue weighted by Gasteiger charge is -2.36. The van der Waals surface area contributed by atoms with E-state index in [4.69, 9.17) is 33.0 Å². The molecule has 2 rings (SSSR count). The monoisotopic (exact) mass is 304 g/mol. The standard InChI is InChI=1S/C12H14Cl2N2O3/c1-7-4-16(5-8(6-17)19-7)12(18)11-9(13)2-3-10(14)15-11/h2-3,7-8,17H,4-6H2,1H3. The van der Waals surface area contributed by atoms with Crippen molar-refractivity contribution in [3.8, 4) is 0 Å². The zero-order valence-corrected chi connectivity index (χ0v) is 11.9. The van der Waals surface area contributed by atoms with Crippen LogP contribution in [0.2, 0.25) is 10.2 Å². The second-order valence-corrected chi connectivity index (χ2v) is 5.22. The molecular formula is C12H14Cl2N2O3.